The molecule has 1 aromatic rings. The predicted octanol–water partition coefficient (Wildman–Crippen LogP) is 0.569. The van der Waals surface area contributed by atoms with Gasteiger partial charge in [0.15, 0.2) is 5.82 Å². The molecule has 2 heterocycles. The Morgan fingerprint density at radius 2 is 2.14 bits per heavy atom. The van der Waals surface area contributed by atoms with Gasteiger partial charge in [-0.2, -0.15) is 4.80 Å². The molecule has 14 heavy (non-hydrogen) atoms. The van der Waals surface area contributed by atoms with Gasteiger partial charge in [0.1, 0.15) is 0 Å². The third kappa shape index (κ3) is 2.51. The number of halogens is 1. The van der Waals surface area contributed by atoms with Crippen LogP contribution in [0.1, 0.15) is 18.7 Å². The summed E-state index contributed by atoms with van der Waals surface area (Å²) in [7, 11) is 1.79. The maximum absolute atomic E-state index is 4.16. The highest BCUT2D eigenvalue weighted by Gasteiger charge is 2.17. The SMILES string of the molecule is Cn1nnc(CN2CCC(Br)CC2)n1. The van der Waals surface area contributed by atoms with Crippen molar-refractivity contribution in [2.45, 2.75) is 24.2 Å². The van der Waals surface area contributed by atoms with E-state index >= 15 is 0 Å². The van der Waals surface area contributed by atoms with Gasteiger partial charge in [0.2, 0.25) is 0 Å². The van der Waals surface area contributed by atoms with Crippen LogP contribution in [-0.2, 0) is 13.6 Å². The lowest BCUT2D eigenvalue weighted by atomic mass is 10.1. The topological polar surface area (TPSA) is 46.8 Å². The number of alkyl halides is 1. The molecule has 1 fully saturated rings. The molecule has 0 atom stereocenters. The molecule has 0 N–H and O–H groups in total. The Morgan fingerprint density at radius 1 is 1.43 bits per heavy atom. The smallest absolute Gasteiger partial charge is 0.188 e. The van der Waals surface area contributed by atoms with E-state index in [0.29, 0.717) is 4.83 Å². The highest BCUT2D eigenvalue weighted by Crippen LogP contribution is 2.17. The maximum atomic E-state index is 4.16. The minimum absolute atomic E-state index is 0.688. The number of aryl methyl sites for hydroxylation is 1. The monoisotopic (exact) mass is 259 g/mol. The van der Waals surface area contributed by atoms with E-state index in [-0.39, 0.29) is 0 Å². The van der Waals surface area contributed by atoms with Gasteiger partial charge in [-0.05, 0) is 31.1 Å². The summed E-state index contributed by atoms with van der Waals surface area (Å²) in [4.78, 5) is 4.56. The van der Waals surface area contributed by atoms with Gasteiger partial charge >= 0.3 is 0 Å². The Balaban J connectivity index is 1.86. The Kier molecular flexibility index (Phi) is 3.12. The van der Waals surface area contributed by atoms with Crippen LogP contribution in [0.4, 0.5) is 0 Å². The lowest BCUT2D eigenvalue weighted by Crippen LogP contribution is -2.33. The molecule has 6 heteroatoms. The van der Waals surface area contributed by atoms with Crippen molar-refractivity contribution < 1.29 is 0 Å². The lowest BCUT2D eigenvalue weighted by Gasteiger charge is -2.27. The second-order valence-electron chi connectivity index (χ2n) is 3.65. The van der Waals surface area contributed by atoms with Crippen LogP contribution in [0.3, 0.4) is 0 Å². The molecule has 1 aliphatic rings. The summed E-state index contributed by atoms with van der Waals surface area (Å²) in [5.74, 6) is 0.820. The molecule has 1 aliphatic heterocycles. The average molecular weight is 260 g/mol. The number of nitrogens with zero attached hydrogens (tertiary/aromatic N) is 5. The van der Waals surface area contributed by atoms with E-state index in [1.54, 1.807) is 7.05 Å². The van der Waals surface area contributed by atoms with Gasteiger partial charge in [0, 0.05) is 4.83 Å². The minimum Gasteiger partial charge on any atom is -0.296 e. The highest BCUT2D eigenvalue weighted by molar-refractivity contribution is 9.09. The number of piperidine rings is 1. The molecule has 0 aromatic carbocycles. The number of hydrogen-bond acceptors (Lipinski definition) is 4. The van der Waals surface area contributed by atoms with Crippen molar-refractivity contribution in [1.82, 2.24) is 25.1 Å². The third-order valence-electron chi connectivity index (χ3n) is 2.43. The molecular formula is C8H14BrN5. The molecule has 0 spiro atoms. The van der Waals surface area contributed by atoms with Crippen molar-refractivity contribution in [1.29, 1.82) is 0 Å². The fourth-order valence-corrected chi connectivity index (χ4v) is 2.06. The van der Waals surface area contributed by atoms with Crippen LogP contribution in [0.2, 0.25) is 0 Å². The summed E-state index contributed by atoms with van der Waals surface area (Å²) in [5.41, 5.74) is 0. The Labute approximate surface area is 91.6 Å². The van der Waals surface area contributed by atoms with Gasteiger partial charge in [-0.25, -0.2) is 0 Å². The van der Waals surface area contributed by atoms with Crippen LogP contribution in [-0.4, -0.2) is 43.0 Å². The molecule has 0 amide bonds. The largest absolute Gasteiger partial charge is 0.296 e. The Hall–Kier alpha value is -0.490. The number of aromatic nitrogens is 4. The first-order valence-electron chi connectivity index (χ1n) is 4.83. The molecule has 0 radical (unpaired) electrons. The molecule has 1 saturated heterocycles. The minimum atomic E-state index is 0.688. The molecule has 5 nitrogen and oxygen atoms in total. The zero-order valence-corrected chi connectivity index (χ0v) is 9.81. The van der Waals surface area contributed by atoms with Gasteiger partial charge in [-0.3, -0.25) is 4.90 Å². The normalized spacial score (nSPS) is 20.1. The zero-order valence-electron chi connectivity index (χ0n) is 8.23. The first-order valence-corrected chi connectivity index (χ1v) is 5.75. The van der Waals surface area contributed by atoms with Crippen molar-refractivity contribution in [2.75, 3.05) is 13.1 Å². The molecular weight excluding hydrogens is 246 g/mol. The first-order chi connectivity index (χ1) is 6.74. The second-order valence-corrected chi connectivity index (χ2v) is 4.94. The van der Waals surface area contributed by atoms with Crippen LogP contribution in [0, 0.1) is 0 Å². The molecule has 0 saturated carbocycles. The molecule has 1 aromatic heterocycles. The maximum Gasteiger partial charge on any atom is 0.188 e. The summed E-state index contributed by atoms with van der Waals surface area (Å²) in [6.45, 7) is 3.07. The molecule has 2 rings (SSSR count). The average Bonchev–Trinajstić information content (AvgIpc) is 2.56. The van der Waals surface area contributed by atoms with Gasteiger partial charge in [0.05, 0.1) is 13.6 Å². The quantitative estimate of drug-likeness (QED) is 0.729. The number of rotatable bonds is 2. The standard InChI is InChI=1S/C8H14BrN5/c1-13-11-8(10-12-13)6-14-4-2-7(9)3-5-14/h7H,2-6H2,1H3. The predicted molar refractivity (Wildman–Crippen MR) is 56.0 cm³/mol. The van der Waals surface area contributed by atoms with Crippen LogP contribution < -0.4 is 0 Å². The van der Waals surface area contributed by atoms with Gasteiger partial charge < -0.3 is 0 Å². The van der Waals surface area contributed by atoms with E-state index < -0.39 is 0 Å². The second kappa shape index (κ2) is 4.35. The number of tetrazole rings is 1. The van der Waals surface area contributed by atoms with Crippen LogP contribution >= 0.6 is 15.9 Å². The molecule has 78 valence electrons. The van der Waals surface area contributed by atoms with E-state index in [9.17, 15) is 0 Å². The van der Waals surface area contributed by atoms with E-state index in [1.165, 1.54) is 17.6 Å². The Morgan fingerprint density at radius 3 is 2.71 bits per heavy atom. The Bertz CT molecular complexity index is 292. The van der Waals surface area contributed by atoms with E-state index in [1.807, 2.05) is 0 Å². The lowest BCUT2D eigenvalue weighted by molar-refractivity contribution is 0.221. The van der Waals surface area contributed by atoms with E-state index in [0.717, 1.165) is 25.5 Å². The highest BCUT2D eigenvalue weighted by atomic mass is 79.9. The van der Waals surface area contributed by atoms with Crippen molar-refractivity contribution in [2.24, 2.45) is 7.05 Å². The van der Waals surface area contributed by atoms with Crippen molar-refractivity contribution in [3.05, 3.63) is 5.82 Å². The summed E-state index contributed by atoms with van der Waals surface area (Å²) < 4.78 is 0. The summed E-state index contributed by atoms with van der Waals surface area (Å²) in [6.07, 6.45) is 2.42. The molecule has 0 bridgehead atoms. The fraction of sp³-hybridized carbons (Fsp3) is 0.875. The van der Waals surface area contributed by atoms with Gasteiger partial charge in [-0.1, -0.05) is 15.9 Å². The van der Waals surface area contributed by atoms with Crippen molar-refractivity contribution in [3.63, 3.8) is 0 Å². The summed E-state index contributed by atoms with van der Waals surface area (Å²) >= 11 is 3.63. The van der Waals surface area contributed by atoms with Crippen LogP contribution in [0.5, 0.6) is 0 Å². The van der Waals surface area contributed by atoms with Crippen LogP contribution in [0.15, 0.2) is 0 Å². The zero-order chi connectivity index (χ0) is 9.97. The van der Waals surface area contributed by atoms with Crippen LogP contribution in [0.25, 0.3) is 0 Å². The number of hydrogen-bond donors (Lipinski definition) is 0. The van der Waals surface area contributed by atoms with Crippen molar-refractivity contribution >= 4 is 15.9 Å². The summed E-state index contributed by atoms with van der Waals surface area (Å²) in [6, 6.07) is 0. The summed E-state index contributed by atoms with van der Waals surface area (Å²) in [5, 5.41) is 12.0. The van der Waals surface area contributed by atoms with Crippen molar-refractivity contribution in [3.8, 4) is 0 Å². The van der Waals surface area contributed by atoms with Gasteiger partial charge in [-0.15, -0.1) is 10.2 Å². The molecule has 0 unspecified atom stereocenters. The number of likely N-dealkylation sites (tertiary alicyclic amines) is 1. The van der Waals surface area contributed by atoms with E-state index in [2.05, 4.69) is 36.2 Å². The van der Waals surface area contributed by atoms with Gasteiger partial charge in [0.25, 0.3) is 0 Å². The third-order valence-corrected chi connectivity index (χ3v) is 3.35. The van der Waals surface area contributed by atoms with E-state index in [4.69, 9.17) is 0 Å². The molecule has 0 aliphatic carbocycles. The first kappa shape index (κ1) is 10.0. The fourth-order valence-electron chi connectivity index (χ4n) is 1.65.